The molecule has 2 aromatic heterocycles. The Morgan fingerprint density at radius 2 is 1.74 bits per heavy atom. The lowest BCUT2D eigenvalue weighted by Gasteiger charge is -2.38. The Kier molecular flexibility index (Phi) is 6.37. The van der Waals surface area contributed by atoms with Gasteiger partial charge in [0.1, 0.15) is 5.02 Å². The summed E-state index contributed by atoms with van der Waals surface area (Å²) in [4.78, 5) is 19.3. The van der Waals surface area contributed by atoms with Gasteiger partial charge in [-0.05, 0) is 57.4 Å². The molecular weight excluding hydrogens is 473 g/mol. The van der Waals surface area contributed by atoms with Gasteiger partial charge in [0, 0.05) is 17.6 Å². The fraction of sp³-hybridized carbons (Fsp3) is 0.435. The van der Waals surface area contributed by atoms with E-state index in [1.165, 1.54) is 20.3 Å². The SMILES string of the molecule is COc1ccc(-c2cc(C(F)(F)F)n3nc(C(=O)N4[C@@H](C)CCC[C@@H]4C)c(Cl)c3n2)cc1OC. The molecule has 34 heavy (non-hydrogen) atoms. The van der Waals surface area contributed by atoms with Crippen LogP contribution in [0.2, 0.25) is 5.02 Å². The van der Waals surface area contributed by atoms with Gasteiger partial charge in [0.15, 0.2) is 28.5 Å². The monoisotopic (exact) mass is 496 g/mol. The van der Waals surface area contributed by atoms with Gasteiger partial charge in [-0.25, -0.2) is 9.50 Å². The average molecular weight is 497 g/mol. The number of halogens is 4. The summed E-state index contributed by atoms with van der Waals surface area (Å²) in [5, 5.41) is 3.77. The molecule has 0 aliphatic carbocycles. The molecule has 1 aromatic carbocycles. The Labute approximate surface area is 199 Å². The van der Waals surface area contributed by atoms with Crippen LogP contribution in [0.3, 0.4) is 0 Å². The highest BCUT2D eigenvalue weighted by Gasteiger charge is 2.38. The van der Waals surface area contributed by atoms with Gasteiger partial charge in [-0.2, -0.15) is 18.3 Å². The number of alkyl halides is 3. The van der Waals surface area contributed by atoms with Crippen LogP contribution in [0.1, 0.15) is 49.3 Å². The lowest BCUT2D eigenvalue weighted by atomic mass is 9.97. The summed E-state index contributed by atoms with van der Waals surface area (Å²) < 4.78 is 53.1. The minimum Gasteiger partial charge on any atom is -0.493 e. The summed E-state index contributed by atoms with van der Waals surface area (Å²) in [7, 11) is 2.88. The number of carbonyl (C=O) groups is 1. The van der Waals surface area contributed by atoms with Gasteiger partial charge >= 0.3 is 6.18 Å². The number of likely N-dealkylation sites (tertiary alicyclic amines) is 1. The summed E-state index contributed by atoms with van der Waals surface area (Å²) >= 11 is 6.45. The van der Waals surface area contributed by atoms with Crippen LogP contribution in [0, 0.1) is 0 Å². The summed E-state index contributed by atoms with van der Waals surface area (Å²) in [6, 6.07) is 5.38. The molecular formula is C23H24ClF3N4O3. The maximum Gasteiger partial charge on any atom is 0.433 e. The lowest BCUT2D eigenvalue weighted by molar-refractivity contribution is -0.142. The number of aromatic nitrogens is 3. The van der Waals surface area contributed by atoms with Crippen molar-refractivity contribution in [3.05, 3.63) is 40.7 Å². The van der Waals surface area contributed by atoms with Crippen molar-refractivity contribution in [1.29, 1.82) is 0 Å². The summed E-state index contributed by atoms with van der Waals surface area (Å²) in [5.74, 6) is 0.248. The van der Waals surface area contributed by atoms with Gasteiger partial charge in [0.05, 0.1) is 19.9 Å². The third-order valence-corrected chi connectivity index (χ3v) is 6.48. The fourth-order valence-electron chi connectivity index (χ4n) is 4.42. The Bertz CT molecular complexity index is 1230. The van der Waals surface area contributed by atoms with Gasteiger partial charge in [0.2, 0.25) is 0 Å². The number of ether oxygens (including phenoxy) is 2. The molecule has 0 radical (unpaired) electrons. The number of nitrogens with zero attached hydrogens (tertiary/aromatic N) is 4. The zero-order valence-electron chi connectivity index (χ0n) is 19.1. The van der Waals surface area contributed by atoms with Gasteiger partial charge < -0.3 is 14.4 Å². The van der Waals surface area contributed by atoms with Crippen molar-refractivity contribution in [2.45, 2.75) is 51.4 Å². The van der Waals surface area contributed by atoms with Crippen molar-refractivity contribution in [3.8, 4) is 22.8 Å². The first kappa shape index (κ1) is 24.1. The molecule has 1 aliphatic heterocycles. The number of amides is 1. The molecule has 7 nitrogen and oxygen atoms in total. The van der Waals surface area contributed by atoms with Crippen LogP contribution in [0.25, 0.3) is 16.9 Å². The fourth-order valence-corrected chi connectivity index (χ4v) is 4.66. The maximum atomic E-state index is 14.0. The van der Waals surface area contributed by atoms with Crippen LogP contribution in [0.5, 0.6) is 11.5 Å². The van der Waals surface area contributed by atoms with E-state index in [2.05, 4.69) is 10.1 Å². The smallest absolute Gasteiger partial charge is 0.433 e. The highest BCUT2D eigenvalue weighted by molar-refractivity contribution is 6.36. The molecule has 11 heteroatoms. The number of hydrogen-bond donors (Lipinski definition) is 0. The summed E-state index contributed by atoms with van der Waals surface area (Å²) in [5.41, 5.74) is -1.23. The molecule has 0 saturated carbocycles. The number of piperidine rings is 1. The van der Waals surface area contributed by atoms with Crippen molar-refractivity contribution in [3.63, 3.8) is 0 Å². The predicted octanol–water partition coefficient (Wildman–Crippen LogP) is 5.49. The van der Waals surface area contributed by atoms with E-state index in [9.17, 15) is 18.0 Å². The highest BCUT2D eigenvalue weighted by Crippen LogP contribution is 2.37. The zero-order valence-corrected chi connectivity index (χ0v) is 19.9. The van der Waals surface area contributed by atoms with E-state index >= 15 is 0 Å². The normalized spacial score (nSPS) is 18.9. The number of carbonyl (C=O) groups excluding carboxylic acids is 1. The Morgan fingerprint density at radius 1 is 1.09 bits per heavy atom. The average Bonchev–Trinajstić information content (AvgIpc) is 3.13. The standard InChI is InChI=1S/C23H24ClF3N4O3/c1-12-6-5-7-13(2)30(12)22(32)20-19(24)21-28-15(11-18(23(25,26)27)31(21)29-20)14-8-9-16(33-3)17(10-14)34-4/h8-13H,5-7H2,1-4H3/t12-,13-/m0/s1. The quantitative estimate of drug-likeness (QED) is 0.478. The minimum atomic E-state index is -4.77. The molecule has 1 aliphatic rings. The van der Waals surface area contributed by atoms with Crippen molar-refractivity contribution in [2.24, 2.45) is 0 Å². The third kappa shape index (κ3) is 4.15. The first-order valence-electron chi connectivity index (χ1n) is 10.8. The van der Waals surface area contributed by atoms with Crippen LogP contribution in [-0.2, 0) is 6.18 Å². The van der Waals surface area contributed by atoms with Crippen LogP contribution in [0.4, 0.5) is 13.2 Å². The Morgan fingerprint density at radius 3 is 2.32 bits per heavy atom. The predicted molar refractivity (Wildman–Crippen MR) is 120 cm³/mol. The van der Waals surface area contributed by atoms with Crippen molar-refractivity contribution in [1.82, 2.24) is 19.5 Å². The molecule has 1 saturated heterocycles. The third-order valence-electron chi connectivity index (χ3n) is 6.13. The lowest BCUT2D eigenvalue weighted by Crippen LogP contribution is -2.47. The van der Waals surface area contributed by atoms with E-state index in [-0.39, 0.29) is 34.1 Å². The second-order valence-electron chi connectivity index (χ2n) is 8.33. The highest BCUT2D eigenvalue weighted by atomic mass is 35.5. The van der Waals surface area contributed by atoms with Gasteiger partial charge in [-0.1, -0.05) is 11.6 Å². The molecule has 1 amide bonds. The van der Waals surface area contributed by atoms with Crippen LogP contribution >= 0.6 is 11.6 Å². The molecule has 0 unspecified atom stereocenters. The molecule has 3 aromatic rings. The van der Waals surface area contributed by atoms with E-state index in [0.717, 1.165) is 25.3 Å². The number of rotatable bonds is 4. The van der Waals surface area contributed by atoms with Crippen molar-refractivity contribution < 1.29 is 27.4 Å². The molecule has 1 fully saturated rings. The van der Waals surface area contributed by atoms with Gasteiger partial charge in [-0.3, -0.25) is 4.79 Å². The van der Waals surface area contributed by atoms with E-state index in [0.29, 0.717) is 21.6 Å². The molecule has 0 N–H and O–H groups in total. The van der Waals surface area contributed by atoms with Crippen molar-refractivity contribution in [2.75, 3.05) is 14.2 Å². The second-order valence-corrected chi connectivity index (χ2v) is 8.71. The number of hydrogen-bond acceptors (Lipinski definition) is 5. The number of methoxy groups -OCH3 is 2. The first-order valence-corrected chi connectivity index (χ1v) is 11.2. The minimum absolute atomic E-state index is 0.00119. The van der Waals surface area contributed by atoms with Gasteiger partial charge in [-0.15, -0.1) is 0 Å². The number of fused-ring (bicyclic) bond motifs is 1. The van der Waals surface area contributed by atoms with Crippen LogP contribution in [-0.4, -0.2) is 51.7 Å². The summed E-state index contributed by atoms with van der Waals surface area (Å²) in [6.07, 6.45) is -2.19. The van der Waals surface area contributed by atoms with E-state index in [4.69, 9.17) is 21.1 Å². The molecule has 3 heterocycles. The molecule has 182 valence electrons. The van der Waals surface area contributed by atoms with E-state index in [1.54, 1.807) is 17.0 Å². The molecule has 0 bridgehead atoms. The molecule has 0 spiro atoms. The topological polar surface area (TPSA) is 69.0 Å². The maximum absolute atomic E-state index is 14.0. The largest absolute Gasteiger partial charge is 0.493 e. The second kappa shape index (κ2) is 8.98. The van der Waals surface area contributed by atoms with Gasteiger partial charge in [0.25, 0.3) is 5.91 Å². The first-order chi connectivity index (χ1) is 16.1. The molecule has 2 atom stereocenters. The van der Waals surface area contributed by atoms with Crippen molar-refractivity contribution >= 4 is 23.2 Å². The van der Waals surface area contributed by atoms with E-state index < -0.39 is 17.8 Å². The Hall–Kier alpha value is -3.01. The number of benzene rings is 1. The van der Waals surface area contributed by atoms with E-state index in [1.807, 2.05) is 13.8 Å². The van der Waals surface area contributed by atoms with Crippen LogP contribution < -0.4 is 9.47 Å². The summed E-state index contributed by atoms with van der Waals surface area (Å²) in [6.45, 7) is 3.82. The zero-order chi connectivity index (χ0) is 24.8. The Balaban J connectivity index is 1.89. The molecule has 4 rings (SSSR count). The van der Waals surface area contributed by atoms with Crippen LogP contribution in [0.15, 0.2) is 24.3 Å².